The van der Waals surface area contributed by atoms with E-state index in [2.05, 4.69) is 5.32 Å². The van der Waals surface area contributed by atoms with E-state index in [4.69, 9.17) is 4.74 Å². The summed E-state index contributed by atoms with van der Waals surface area (Å²) in [5, 5.41) is 34.8. The van der Waals surface area contributed by atoms with Crippen molar-refractivity contribution in [3.63, 3.8) is 0 Å². The number of rotatable bonds is 15. The Balaban J connectivity index is 0.00000650. The molecule has 9 nitrogen and oxygen atoms in total. The van der Waals surface area contributed by atoms with Crippen LogP contribution in [0.1, 0.15) is 60.9 Å². The maximum Gasteiger partial charge on any atom is 1.00 e. The van der Waals surface area contributed by atoms with Gasteiger partial charge in [0.15, 0.2) is 0 Å². The molecular weight excluding hydrogens is 643 g/mol. The van der Waals surface area contributed by atoms with E-state index in [1.807, 2.05) is 44.6 Å². The third-order valence-electron chi connectivity index (χ3n) is 7.71. The summed E-state index contributed by atoms with van der Waals surface area (Å²) in [5.41, 5.74) is 4.62. The monoisotopic (exact) mass is 684 g/mol. The molecular formula is C37H41F2N3NaO6+. The van der Waals surface area contributed by atoms with Crippen LogP contribution >= 0.6 is 0 Å². The van der Waals surface area contributed by atoms with Gasteiger partial charge >= 0.3 is 36.0 Å². The van der Waals surface area contributed by atoms with Gasteiger partial charge in [0, 0.05) is 40.9 Å². The first kappa shape index (κ1) is 39.6. The Labute approximate surface area is 307 Å². The number of hydrogen-bond acceptors (Lipinski definition) is 6. The molecule has 0 bridgehead atoms. The van der Waals surface area contributed by atoms with Gasteiger partial charge in [-0.05, 0) is 86.2 Å². The fraction of sp³-hybridized carbons (Fsp3) is 0.324. The zero-order chi connectivity index (χ0) is 35.0. The average Bonchev–Trinajstić information content (AvgIpc) is 3.36. The number of ether oxygens (including phenoxy) is 1. The topological polar surface area (TPSA) is 127 Å². The number of carboxylic acids is 1. The predicted octanol–water partition coefficient (Wildman–Crippen LogP) is 1.94. The Bertz CT molecular complexity index is 1740. The Kier molecular flexibility index (Phi) is 14.7. The number of nitrogens with one attached hydrogen (secondary N) is 1. The van der Waals surface area contributed by atoms with Crippen molar-refractivity contribution >= 4 is 24.0 Å². The number of nitrogens with zero attached hydrogens (tertiary/aromatic N) is 2. The molecule has 0 aliphatic heterocycles. The number of halogens is 2. The molecule has 3 N–H and O–H groups in total. The third kappa shape index (κ3) is 10.8. The molecule has 0 aliphatic rings. The van der Waals surface area contributed by atoms with E-state index in [9.17, 15) is 33.7 Å². The molecule has 3 aromatic carbocycles. The number of aromatic nitrogens is 1. The summed E-state index contributed by atoms with van der Waals surface area (Å²) in [6.45, 7) is 4.16. The van der Waals surface area contributed by atoms with E-state index >= 15 is 0 Å². The zero-order valence-electron chi connectivity index (χ0n) is 28.5. The average molecular weight is 685 g/mol. The van der Waals surface area contributed by atoms with Gasteiger partial charge in [-0.2, -0.15) is 0 Å². The third-order valence-corrected chi connectivity index (χ3v) is 7.71. The number of amides is 1. The quantitative estimate of drug-likeness (QED) is 0.0761. The van der Waals surface area contributed by atoms with Gasteiger partial charge in [0.2, 0.25) is 0 Å². The number of aliphatic carboxylic acids is 1. The van der Waals surface area contributed by atoms with Gasteiger partial charge < -0.3 is 34.7 Å². The van der Waals surface area contributed by atoms with E-state index in [1.54, 1.807) is 47.4 Å². The summed E-state index contributed by atoms with van der Waals surface area (Å²) in [7, 11) is 3.71. The number of carbonyl (C=O) groups excluding carboxylic acids is 2. The van der Waals surface area contributed by atoms with Crippen LogP contribution in [0, 0.1) is 11.6 Å². The van der Waals surface area contributed by atoms with Crippen molar-refractivity contribution in [2.75, 3.05) is 19.4 Å². The van der Waals surface area contributed by atoms with Crippen molar-refractivity contribution < 1.29 is 72.6 Å². The summed E-state index contributed by atoms with van der Waals surface area (Å²) >= 11 is 0. The number of anilines is 1. The second kappa shape index (κ2) is 18.2. The van der Waals surface area contributed by atoms with Crippen molar-refractivity contribution in [3.8, 4) is 22.3 Å². The fourth-order valence-electron chi connectivity index (χ4n) is 5.67. The predicted molar refractivity (Wildman–Crippen MR) is 178 cm³/mol. The molecule has 0 aliphatic carbocycles. The normalized spacial score (nSPS) is 12.2. The van der Waals surface area contributed by atoms with Gasteiger partial charge in [-0.3, -0.25) is 4.79 Å². The summed E-state index contributed by atoms with van der Waals surface area (Å²) < 4.78 is 37.4. The van der Waals surface area contributed by atoms with Gasteiger partial charge in [-0.25, -0.2) is 13.4 Å². The van der Waals surface area contributed by atoms with Crippen LogP contribution in [-0.2, 0) is 22.6 Å². The summed E-state index contributed by atoms with van der Waals surface area (Å²) in [6, 6.07) is 18.5. The minimum atomic E-state index is -1.42. The van der Waals surface area contributed by atoms with E-state index in [-0.39, 0.29) is 60.6 Å². The van der Waals surface area contributed by atoms with E-state index < -0.39 is 42.1 Å². The Morgan fingerprint density at radius 3 is 1.96 bits per heavy atom. The molecule has 0 saturated carbocycles. The number of aliphatic hydroxyl groups excluding tert-OH is 2. The molecule has 0 unspecified atom stereocenters. The maximum absolute atomic E-state index is 14.3. The second-order valence-electron chi connectivity index (χ2n) is 12.2. The summed E-state index contributed by atoms with van der Waals surface area (Å²) in [5.74, 6) is -2.77. The first-order valence-electron chi connectivity index (χ1n) is 15.7. The van der Waals surface area contributed by atoms with Crippen LogP contribution in [0.4, 0.5) is 14.5 Å². The van der Waals surface area contributed by atoms with Crippen LogP contribution in [0.25, 0.3) is 22.3 Å². The van der Waals surface area contributed by atoms with Crippen molar-refractivity contribution in [1.82, 2.24) is 4.57 Å². The first-order chi connectivity index (χ1) is 22.8. The molecule has 0 radical (unpaired) electrons. The molecule has 4 aromatic rings. The van der Waals surface area contributed by atoms with Gasteiger partial charge in [-0.1, -0.05) is 36.4 Å². The molecule has 2 atom stereocenters. The molecule has 49 heavy (non-hydrogen) atoms. The van der Waals surface area contributed by atoms with Crippen molar-refractivity contribution in [2.45, 2.75) is 64.4 Å². The summed E-state index contributed by atoms with van der Waals surface area (Å²) in [6.07, 6.45) is -1.23. The molecule has 0 saturated heterocycles. The fourth-order valence-corrected chi connectivity index (χ4v) is 5.67. The largest absolute Gasteiger partial charge is 1.00 e. The SMILES string of the molecule is CC(C)n1c(CC[C@@H](O)C[C@@H](O)CC(=O)[O-])c(-c2ccc(F)cc2)c(-c2ccc(F)cc2)c1C(=O)Nc1ccc(COC=[N+](C)C)cc1.[Na+]. The van der Waals surface area contributed by atoms with Crippen LogP contribution < -0.4 is 40.0 Å². The van der Waals surface area contributed by atoms with E-state index in [0.29, 0.717) is 40.2 Å². The van der Waals surface area contributed by atoms with E-state index in [0.717, 1.165) is 5.56 Å². The minimum Gasteiger partial charge on any atom is -0.550 e. The number of carbonyl (C=O) groups is 2. The number of aliphatic hydroxyl groups is 2. The Morgan fingerprint density at radius 1 is 0.898 bits per heavy atom. The maximum atomic E-state index is 14.3. The van der Waals surface area contributed by atoms with Crippen LogP contribution in [0.3, 0.4) is 0 Å². The Hall–Kier alpha value is -3.87. The molecule has 1 heterocycles. The smallest absolute Gasteiger partial charge is 0.550 e. The summed E-state index contributed by atoms with van der Waals surface area (Å²) in [4.78, 5) is 25.3. The van der Waals surface area contributed by atoms with Gasteiger partial charge in [0.1, 0.15) is 38.0 Å². The van der Waals surface area contributed by atoms with Gasteiger partial charge in [0.25, 0.3) is 5.91 Å². The van der Waals surface area contributed by atoms with Gasteiger partial charge in [0.05, 0.1) is 12.2 Å². The van der Waals surface area contributed by atoms with Crippen molar-refractivity contribution in [2.24, 2.45) is 0 Å². The molecule has 254 valence electrons. The van der Waals surface area contributed by atoms with Crippen LogP contribution in [0.5, 0.6) is 0 Å². The number of hydrogen-bond donors (Lipinski definition) is 3. The molecule has 12 heteroatoms. The molecule has 1 aromatic heterocycles. The number of benzene rings is 3. The zero-order valence-corrected chi connectivity index (χ0v) is 30.5. The molecule has 4 rings (SSSR count). The Morgan fingerprint density at radius 2 is 1.45 bits per heavy atom. The van der Waals surface area contributed by atoms with Crippen LogP contribution in [0.15, 0.2) is 72.8 Å². The van der Waals surface area contributed by atoms with Crippen molar-refractivity contribution in [1.29, 1.82) is 0 Å². The molecule has 0 fully saturated rings. The second-order valence-corrected chi connectivity index (χ2v) is 12.2. The van der Waals surface area contributed by atoms with E-state index in [1.165, 1.54) is 24.3 Å². The van der Waals surface area contributed by atoms with Crippen LogP contribution in [-0.4, -0.2) is 63.9 Å². The first-order valence-corrected chi connectivity index (χ1v) is 15.7. The molecule has 1 amide bonds. The van der Waals surface area contributed by atoms with Crippen LogP contribution in [0.2, 0.25) is 0 Å². The minimum absolute atomic E-state index is 0. The molecule has 0 spiro atoms. The standard InChI is InChI=1S/C37H41F2N3O6.Na/c1-23(2)42-32(18-17-30(43)19-31(44)20-33(45)46)34(25-7-11-27(38)12-8-25)35(26-9-13-28(39)14-10-26)36(42)37(47)40-29-15-5-24(6-16-29)21-48-22-41(3)4;/h5-16,22-23,30-31,43-44H,17-21H2,1-4H3,(H-,40,45,46,47);/q;+1/t30-,31-;/m1./s1. The van der Waals surface area contributed by atoms with Gasteiger partial charge in [-0.15, -0.1) is 0 Å². The number of carboxylic acid groups (broad SMARTS) is 1. The van der Waals surface area contributed by atoms with Crippen molar-refractivity contribution in [3.05, 3.63) is 101 Å².